The number of carbonyl (C=O) groups is 3. The monoisotopic (exact) mass is 501 g/mol. The van der Waals surface area contributed by atoms with Gasteiger partial charge in [-0.15, -0.1) is 0 Å². The number of fused-ring (bicyclic) bond motifs is 1. The molecule has 4 N–H and O–H groups in total. The zero-order valence-corrected chi connectivity index (χ0v) is 21.6. The Bertz CT molecular complexity index is 849. The highest BCUT2D eigenvalue weighted by Crippen LogP contribution is 2.39. The van der Waals surface area contributed by atoms with Gasteiger partial charge in [0.1, 0.15) is 12.1 Å². The molecule has 8 nitrogen and oxygen atoms in total. The van der Waals surface area contributed by atoms with Crippen LogP contribution in [0, 0.1) is 5.92 Å². The number of aliphatic carboxylic acids is 1. The highest BCUT2D eigenvalue weighted by atomic mass is 16.5. The summed E-state index contributed by atoms with van der Waals surface area (Å²) in [7, 11) is 0. The highest BCUT2D eigenvalue weighted by molar-refractivity contribution is 5.88. The van der Waals surface area contributed by atoms with Gasteiger partial charge in [0.05, 0.1) is 12.6 Å². The molecule has 2 aliphatic rings. The molecule has 1 heterocycles. The van der Waals surface area contributed by atoms with Crippen molar-refractivity contribution in [3.63, 3.8) is 0 Å². The number of aryl methyl sites for hydroxylation is 1. The molecular formula is C28H43N3O5. The lowest BCUT2D eigenvalue weighted by molar-refractivity contribution is -0.152. The van der Waals surface area contributed by atoms with Crippen LogP contribution in [0.25, 0.3) is 0 Å². The Morgan fingerprint density at radius 3 is 2.53 bits per heavy atom. The predicted octanol–water partition coefficient (Wildman–Crippen LogP) is 3.27. The first-order chi connectivity index (χ1) is 17.5. The van der Waals surface area contributed by atoms with E-state index >= 15 is 0 Å². The van der Waals surface area contributed by atoms with E-state index in [4.69, 9.17) is 10.5 Å². The van der Waals surface area contributed by atoms with E-state index in [9.17, 15) is 19.5 Å². The summed E-state index contributed by atoms with van der Waals surface area (Å²) in [5.74, 6) is -1.30. The SMILES string of the molecule is CCOC(=O)C(CCc1ccccc1)N[C@@H](CCCCN)C(=O)N1C(C(=O)O)CC2CCCCCC21. The smallest absolute Gasteiger partial charge is 0.326 e. The van der Waals surface area contributed by atoms with Crippen molar-refractivity contribution in [3.8, 4) is 0 Å². The second kappa shape index (κ2) is 14.3. The number of rotatable bonds is 13. The summed E-state index contributed by atoms with van der Waals surface area (Å²) >= 11 is 0. The van der Waals surface area contributed by atoms with Gasteiger partial charge < -0.3 is 20.5 Å². The van der Waals surface area contributed by atoms with Crippen molar-refractivity contribution in [2.45, 2.75) is 102 Å². The molecule has 3 rings (SSSR count). The van der Waals surface area contributed by atoms with Gasteiger partial charge in [-0.05, 0) is 69.9 Å². The Kier molecular flexibility index (Phi) is 11.2. The quantitative estimate of drug-likeness (QED) is 0.280. The van der Waals surface area contributed by atoms with E-state index < -0.39 is 24.1 Å². The van der Waals surface area contributed by atoms with Crippen molar-refractivity contribution in [2.75, 3.05) is 13.2 Å². The largest absolute Gasteiger partial charge is 0.480 e. The maximum Gasteiger partial charge on any atom is 0.326 e. The number of likely N-dealkylation sites (tertiary alicyclic amines) is 1. The molecule has 1 aromatic rings. The zero-order valence-electron chi connectivity index (χ0n) is 21.6. The van der Waals surface area contributed by atoms with E-state index in [0.717, 1.165) is 44.1 Å². The predicted molar refractivity (Wildman–Crippen MR) is 138 cm³/mol. The summed E-state index contributed by atoms with van der Waals surface area (Å²) < 4.78 is 5.35. The Morgan fingerprint density at radius 2 is 1.83 bits per heavy atom. The minimum absolute atomic E-state index is 0.0507. The van der Waals surface area contributed by atoms with E-state index in [0.29, 0.717) is 38.6 Å². The number of carbonyl (C=O) groups excluding carboxylic acids is 2. The summed E-state index contributed by atoms with van der Waals surface area (Å²) in [6.45, 7) is 2.54. The maximum atomic E-state index is 14.0. The summed E-state index contributed by atoms with van der Waals surface area (Å²) in [6.07, 6.45) is 8.64. The molecule has 36 heavy (non-hydrogen) atoms. The molecule has 8 heteroatoms. The van der Waals surface area contributed by atoms with Gasteiger partial charge in [0.25, 0.3) is 0 Å². The normalized spacial score (nSPS) is 23.4. The number of unbranched alkanes of at least 4 members (excludes halogenated alkanes) is 1. The lowest BCUT2D eigenvalue weighted by Gasteiger charge is -2.34. The average Bonchev–Trinajstić information content (AvgIpc) is 3.08. The number of ether oxygens (including phenoxy) is 1. The minimum atomic E-state index is -0.942. The molecule has 1 aliphatic heterocycles. The van der Waals surface area contributed by atoms with Crippen molar-refractivity contribution in [3.05, 3.63) is 35.9 Å². The third-order valence-electron chi connectivity index (χ3n) is 7.66. The van der Waals surface area contributed by atoms with Crippen molar-refractivity contribution in [1.29, 1.82) is 0 Å². The number of nitrogens with one attached hydrogen (secondary N) is 1. The summed E-state index contributed by atoms with van der Waals surface area (Å²) in [6, 6.07) is 7.72. The Morgan fingerprint density at radius 1 is 1.08 bits per heavy atom. The topological polar surface area (TPSA) is 122 Å². The van der Waals surface area contributed by atoms with E-state index in [1.54, 1.807) is 11.8 Å². The fourth-order valence-corrected chi connectivity index (χ4v) is 5.84. The molecule has 1 aromatic carbocycles. The van der Waals surface area contributed by atoms with Gasteiger partial charge in [-0.2, -0.15) is 0 Å². The van der Waals surface area contributed by atoms with Crippen molar-refractivity contribution >= 4 is 17.8 Å². The second-order valence-corrected chi connectivity index (χ2v) is 10.1. The molecule has 1 saturated heterocycles. The van der Waals surface area contributed by atoms with Crippen LogP contribution < -0.4 is 11.1 Å². The Balaban J connectivity index is 1.82. The lowest BCUT2D eigenvalue weighted by atomic mass is 9.94. The molecule has 0 spiro atoms. The number of hydrogen-bond donors (Lipinski definition) is 3. The van der Waals surface area contributed by atoms with Gasteiger partial charge in [0.2, 0.25) is 5.91 Å². The molecule has 4 unspecified atom stereocenters. The molecule has 0 radical (unpaired) electrons. The molecule has 1 saturated carbocycles. The van der Waals surface area contributed by atoms with Crippen LogP contribution in [0.3, 0.4) is 0 Å². The van der Waals surface area contributed by atoms with E-state index in [1.165, 1.54) is 0 Å². The lowest BCUT2D eigenvalue weighted by Crippen LogP contribution is -2.56. The third kappa shape index (κ3) is 7.53. The van der Waals surface area contributed by atoms with Crippen LogP contribution in [-0.2, 0) is 25.5 Å². The standard InChI is InChI=1S/C28H43N3O5/c1-2-36-28(35)23(17-16-20-11-5-3-6-12-20)30-22(14-9-10-18-29)26(32)31-24-15-8-4-7-13-21(24)19-25(31)27(33)34/h3,5-6,11-12,21-25,30H,2,4,7-10,13-19,29H2,1H3,(H,33,34)/t21?,22-,23?,24?,25?/m0/s1. The second-order valence-electron chi connectivity index (χ2n) is 10.1. The van der Waals surface area contributed by atoms with E-state index in [2.05, 4.69) is 5.32 Å². The van der Waals surface area contributed by atoms with Crippen LogP contribution in [-0.4, -0.2) is 65.2 Å². The number of nitrogens with two attached hydrogens (primary N) is 1. The summed E-state index contributed by atoms with van der Waals surface area (Å²) in [4.78, 5) is 40.8. The van der Waals surface area contributed by atoms with Crippen molar-refractivity contribution < 1.29 is 24.2 Å². The summed E-state index contributed by atoms with van der Waals surface area (Å²) in [5.41, 5.74) is 6.82. The fraction of sp³-hybridized carbons (Fsp3) is 0.679. The first kappa shape index (κ1) is 28.1. The van der Waals surface area contributed by atoms with Crippen molar-refractivity contribution in [2.24, 2.45) is 11.7 Å². The molecule has 1 amide bonds. The zero-order chi connectivity index (χ0) is 25.9. The fourth-order valence-electron chi connectivity index (χ4n) is 5.84. The first-order valence-electron chi connectivity index (χ1n) is 13.7. The van der Waals surface area contributed by atoms with E-state index in [-0.39, 0.29) is 30.4 Å². The van der Waals surface area contributed by atoms with Gasteiger partial charge in [-0.25, -0.2) is 4.79 Å². The molecule has 0 bridgehead atoms. The molecular weight excluding hydrogens is 458 g/mol. The number of carboxylic acids is 1. The van der Waals surface area contributed by atoms with Gasteiger partial charge in [0.15, 0.2) is 0 Å². The molecule has 1 aliphatic carbocycles. The maximum absolute atomic E-state index is 14.0. The van der Waals surface area contributed by atoms with Gasteiger partial charge in [0, 0.05) is 6.04 Å². The number of benzene rings is 1. The number of hydrogen-bond acceptors (Lipinski definition) is 6. The third-order valence-corrected chi connectivity index (χ3v) is 7.66. The molecule has 0 aromatic heterocycles. The van der Waals surface area contributed by atoms with Gasteiger partial charge in [-0.1, -0.05) is 56.0 Å². The van der Waals surface area contributed by atoms with E-state index in [1.807, 2.05) is 30.3 Å². The van der Waals surface area contributed by atoms with Crippen LogP contribution in [0.15, 0.2) is 30.3 Å². The number of nitrogens with zero attached hydrogens (tertiary/aromatic N) is 1. The minimum Gasteiger partial charge on any atom is -0.480 e. The number of amides is 1. The van der Waals surface area contributed by atoms with Crippen molar-refractivity contribution in [1.82, 2.24) is 10.2 Å². The average molecular weight is 502 g/mol. The first-order valence-corrected chi connectivity index (χ1v) is 13.7. The van der Waals surface area contributed by atoms with Gasteiger partial charge >= 0.3 is 11.9 Å². The Hall–Kier alpha value is -2.45. The van der Waals surface area contributed by atoms with Crippen LogP contribution >= 0.6 is 0 Å². The van der Waals surface area contributed by atoms with Crippen LogP contribution in [0.2, 0.25) is 0 Å². The van der Waals surface area contributed by atoms with Crippen LogP contribution in [0.4, 0.5) is 0 Å². The van der Waals surface area contributed by atoms with Crippen LogP contribution in [0.1, 0.15) is 76.7 Å². The number of esters is 1. The number of carboxylic acid groups (broad SMARTS) is 1. The summed E-state index contributed by atoms with van der Waals surface area (Å²) in [5, 5.41) is 13.3. The van der Waals surface area contributed by atoms with Crippen LogP contribution in [0.5, 0.6) is 0 Å². The van der Waals surface area contributed by atoms with Gasteiger partial charge in [-0.3, -0.25) is 14.9 Å². The Labute approximate surface area is 214 Å². The molecule has 5 atom stereocenters. The molecule has 2 fully saturated rings. The molecule has 200 valence electrons. The highest BCUT2D eigenvalue weighted by Gasteiger charge is 2.48.